The van der Waals surface area contributed by atoms with Crippen molar-refractivity contribution in [2.45, 2.75) is 19.0 Å². The summed E-state index contributed by atoms with van der Waals surface area (Å²) >= 11 is 4.54. The number of hydrogen-bond acceptors (Lipinski definition) is 5. The number of amides is 1. The number of benzene rings is 2. The van der Waals surface area contributed by atoms with E-state index in [9.17, 15) is 9.59 Å². The number of carbonyl (C=O) groups excluding carboxylic acids is 1. The number of thioether (sulfide) groups is 1. The maximum absolute atomic E-state index is 13.3. The normalized spacial score (nSPS) is 10.9. The average molecular weight is 495 g/mol. The van der Waals surface area contributed by atoms with Gasteiger partial charge in [-0.1, -0.05) is 30.0 Å². The molecule has 2 aromatic carbocycles. The van der Waals surface area contributed by atoms with Gasteiger partial charge < -0.3 is 5.32 Å². The lowest BCUT2D eigenvalue weighted by Crippen LogP contribution is -2.23. The Bertz CT molecular complexity index is 1320. The maximum Gasteiger partial charge on any atom is 0.266 e. The van der Waals surface area contributed by atoms with Crippen LogP contribution >= 0.6 is 27.7 Å². The van der Waals surface area contributed by atoms with E-state index in [1.165, 1.54) is 11.8 Å². The van der Waals surface area contributed by atoms with Crippen molar-refractivity contribution < 1.29 is 4.79 Å². The summed E-state index contributed by atoms with van der Waals surface area (Å²) < 4.78 is 2.41. The Morgan fingerprint density at radius 3 is 2.55 bits per heavy atom. The van der Waals surface area contributed by atoms with Crippen LogP contribution in [0.4, 0.5) is 5.82 Å². The number of rotatable bonds is 5. The topological polar surface area (TPSA) is 76.9 Å². The lowest BCUT2D eigenvalue weighted by molar-refractivity contribution is -0.113. The van der Waals surface area contributed by atoms with E-state index in [0.717, 1.165) is 21.3 Å². The molecule has 31 heavy (non-hydrogen) atoms. The second kappa shape index (κ2) is 9.03. The molecule has 1 N–H and O–H groups in total. The van der Waals surface area contributed by atoms with E-state index >= 15 is 0 Å². The minimum Gasteiger partial charge on any atom is -0.310 e. The Morgan fingerprint density at radius 1 is 1.10 bits per heavy atom. The Labute approximate surface area is 191 Å². The van der Waals surface area contributed by atoms with E-state index in [1.807, 2.05) is 38.1 Å². The summed E-state index contributed by atoms with van der Waals surface area (Å²) in [5, 5.41) is 3.76. The molecular weight excluding hydrogens is 476 g/mol. The quantitative estimate of drug-likeness (QED) is 0.315. The van der Waals surface area contributed by atoms with Crippen LogP contribution in [-0.4, -0.2) is 26.2 Å². The molecule has 156 valence electrons. The minimum absolute atomic E-state index is 0.0906. The fraction of sp³-hybridized carbons (Fsp3) is 0.130. The van der Waals surface area contributed by atoms with Gasteiger partial charge >= 0.3 is 0 Å². The van der Waals surface area contributed by atoms with E-state index in [0.29, 0.717) is 21.9 Å². The molecule has 0 aliphatic carbocycles. The van der Waals surface area contributed by atoms with Gasteiger partial charge in [-0.2, -0.15) is 0 Å². The van der Waals surface area contributed by atoms with Crippen LogP contribution < -0.4 is 10.9 Å². The number of fused-ring (bicyclic) bond motifs is 1. The molecule has 0 aliphatic rings. The lowest BCUT2D eigenvalue weighted by Gasteiger charge is -2.14. The highest BCUT2D eigenvalue weighted by Crippen LogP contribution is 2.23. The number of halogens is 1. The van der Waals surface area contributed by atoms with Crippen molar-refractivity contribution >= 4 is 50.3 Å². The predicted octanol–water partition coefficient (Wildman–Crippen LogP) is 4.89. The molecule has 2 aromatic heterocycles. The van der Waals surface area contributed by atoms with Crippen molar-refractivity contribution in [3.8, 4) is 5.69 Å². The van der Waals surface area contributed by atoms with Crippen molar-refractivity contribution in [2.24, 2.45) is 0 Å². The smallest absolute Gasteiger partial charge is 0.266 e. The van der Waals surface area contributed by atoms with E-state index in [-0.39, 0.29) is 17.2 Å². The highest BCUT2D eigenvalue weighted by atomic mass is 79.9. The van der Waals surface area contributed by atoms with Crippen LogP contribution in [0.25, 0.3) is 16.6 Å². The molecule has 0 saturated heterocycles. The number of nitrogens with zero attached hydrogens (tertiary/aromatic N) is 3. The number of carbonyl (C=O) groups is 1. The molecule has 0 fully saturated rings. The van der Waals surface area contributed by atoms with E-state index in [2.05, 4.69) is 37.3 Å². The van der Waals surface area contributed by atoms with Crippen molar-refractivity contribution in [1.29, 1.82) is 0 Å². The maximum atomic E-state index is 13.3. The third-order valence-corrected chi connectivity index (χ3v) is 5.94. The SMILES string of the molecule is Cc1cc(C)cc(-n2c(SCC(=O)Nc3ccc(Br)cn3)nc3ccccc3c2=O)c1. The molecular formula is C23H19BrN4O2S. The highest BCUT2D eigenvalue weighted by Gasteiger charge is 2.15. The number of aryl methyl sites for hydroxylation is 2. The summed E-state index contributed by atoms with van der Waals surface area (Å²) in [6.45, 7) is 3.98. The van der Waals surface area contributed by atoms with E-state index in [1.54, 1.807) is 35.0 Å². The molecule has 0 atom stereocenters. The van der Waals surface area contributed by atoms with Crippen LogP contribution in [0.5, 0.6) is 0 Å². The van der Waals surface area contributed by atoms with Gasteiger partial charge in [-0.3, -0.25) is 14.2 Å². The van der Waals surface area contributed by atoms with Crippen LogP contribution in [0.2, 0.25) is 0 Å². The van der Waals surface area contributed by atoms with Gasteiger partial charge in [0.2, 0.25) is 5.91 Å². The van der Waals surface area contributed by atoms with E-state index < -0.39 is 0 Å². The van der Waals surface area contributed by atoms with Crippen molar-refractivity contribution in [3.63, 3.8) is 0 Å². The molecule has 0 unspecified atom stereocenters. The van der Waals surface area contributed by atoms with Crippen LogP contribution in [0, 0.1) is 13.8 Å². The first-order chi connectivity index (χ1) is 14.9. The molecule has 8 heteroatoms. The van der Waals surface area contributed by atoms with Crippen LogP contribution in [0.1, 0.15) is 11.1 Å². The standard InChI is InChI=1S/C23H19BrN4O2S/c1-14-9-15(2)11-17(10-14)28-22(30)18-5-3-4-6-19(18)26-23(28)31-13-21(29)27-20-8-7-16(24)12-25-20/h3-12H,13H2,1-2H3,(H,25,27,29). The number of aromatic nitrogens is 3. The Balaban J connectivity index is 1.69. The first-order valence-corrected chi connectivity index (χ1v) is 11.3. The fourth-order valence-electron chi connectivity index (χ4n) is 3.28. The molecule has 6 nitrogen and oxygen atoms in total. The second-order valence-electron chi connectivity index (χ2n) is 7.10. The number of nitrogens with one attached hydrogen (secondary N) is 1. The first-order valence-electron chi connectivity index (χ1n) is 9.55. The van der Waals surface area contributed by atoms with Gasteiger partial charge in [0, 0.05) is 10.7 Å². The summed E-state index contributed by atoms with van der Waals surface area (Å²) in [5.74, 6) is 0.328. The first kappa shape index (κ1) is 21.3. The zero-order chi connectivity index (χ0) is 22.0. The summed E-state index contributed by atoms with van der Waals surface area (Å²) in [4.78, 5) is 34.7. The number of anilines is 1. The number of para-hydroxylation sites is 1. The molecule has 4 rings (SSSR count). The number of hydrogen-bond donors (Lipinski definition) is 1. The number of pyridine rings is 1. The van der Waals surface area contributed by atoms with Gasteiger partial charge in [0.05, 0.1) is 22.3 Å². The molecule has 0 aliphatic heterocycles. The molecule has 0 bridgehead atoms. The van der Waals surface area contributed by atoms with Gasteiger partial charge in [0.15, 0.2) is 5.16 Å². The molecule has 2 heterocycles. The summed E-state index contributed by atoms with van der Waals surface area (Å²) in [5.41, 5.74) is 3.27. The summed E-state index contributed by atoms with van der Waals surface area (Å²) in [6.07, 6.45) is 1.62. The third kappa shape index (κ3) is 4.86. The second-order valence-corrected chi connectivity index (χ2v) is 8.95. The predicted molar refractivity (Wildman–Crippen MR) is 128 cm³/mol. The summed E-state index contributed by atoms with van der Waals surface area (Å²) in [7, 11) is 0. The monoisotopic (exact) mass is 494 g/mol. The molecule has 4 aromatic rings. The van der Waals surface area contributed by atoms with Crippen LogP contribution in [0.3, 0.4) is 0 Å². The van der Waals surface area contributed by atoms with Gasteiger partial charge in [-0.05, 0) is 77.3 Å². The average Bonchev–Trinajstić information content (AvgIpc) is 2.73. The van der Waals surface area contributed by atoms with Crippen LogP contribution in [-0.2, 0) is 4.79 Å². The molecule has 0 saturated carbocycles. The van der Waals surface area contributed by atoms with Crippen LogP contribution in [0.15, 0.2) is 75.2 Å². The Kier molecular flexibility index (Phi) is 6.20. The zero-order valence-electron chi connectivity index (χ0n) is 16.9. The Morgan fingerprint density at radius 2 is 1.84 bits per heavy atom. The molecule has 0 spiro atoms. The van der Waals surface area contributed by atoms with Gasteiger partial charge in [-0.15, -0.1) is 0 Å². The van der Waals surface area contributed by atoms with E-state index in [4.69, 9.17) is 0 Å². The highest BCUT2D eigenvalue weighted by molar-refractivity contribution is 9.10. The van der Waals surface area contributed by atoms with Crippen molar-refractivity contribution in [2.75, 3.05) is 11.1 Å². The molecule has 1 amide bonds. The Hall–Kier alpha value is -2.97. The fourth-order valence-corrected chi connectivity index (χ4v) is 4.32. The zero-order valence-corrected chi connectivity index (χ0v) is 19.3. The van der Waals surface area contributed by atoms with Gasteiger partial charge in [0.25, 0.3) is 5.56 Å². The largest absolute Gasteiger partial charge is 0.310 e. The van der Waals surface area contributed by atoms with Gasteiger partial charge in [-0.25, -0.2) is 9.97 Å². The van der Waals surface area contributed by atoms with Gasteiger partial charge in [0.1, 0.15) is 5.82 Å². The lowest BCUT2D eigenvalue weighted by atomic mass is 10.1. The molecule has 0 radical (unpaired) electrons. The third-order valence-electron chi connectivity index (χ3n) is 4.54. The minimum atomic E-state index is -0.228. The summed E-state index contributed by atoms with van der Waals surface area (Å²) in [6, 6.07) is 16.7. The van der Waals surface area contributed by atoms with Crippen molar-refractivity contribution in [1.82, 2.24) is 14.5 Å². The van der Waals surface area contributed by atoms with Crippen molar-refractivity contribution in [3.05, 3.63) is 86.7 Å².